The maximum atomic E-state index is 9.83. The normalized spacial score (nSPS) is 19.4. The molecule has 1 aromatic rings. The lowest BCUT2D eigenvalue weighted by Crippen LogP contribution is -2.39. The molecule has 112 valence electrons. The van der Waals surface area contributed by atoms with Gasteiger partial charge in [-0.2, -0.15) is 0 Å². The van der Waals surface area contributed by atoms with E-state index in [-0.39, 0.29) is 6.10 Å². The quantitative estimate of drug-likeness (QED) is 0.866. The van der Waals surface area contributed by atoms with Crippen LogP contribution in [0.15, 0.2) is 6.07 Å². The number of aliphatic hydroxyl groups excluding tert-OH is 1. The summed E-state index contributed by atoms with van der Waals surface area (Å²) < 4.78 is 0. The summed E-state index contributed by atoms with van der Waals surface area (Å²) in [6.45, 7) is 8.89. The number of piperidine rings is 1. The van der Waals surface area contributed by atoms with Crippen LogP contribution in [0.25, 0.3) is 0 Å². The molecule has 1 unspecified atom stereocenters. The SMILES string of the molecule is CCCNc1cc(N2CCCC(O)C2)nc(C(C)C)n1. The van der Waals surface area contributed by atoms with E-state index < -0.39 is 0 Å². The van der Waals surface area contributed by atoms with Gasteiger partial charge in [0.05, 0.1) is 6.10 Å². The Hall–Kier alpha value is -1.36. The molecule has 0 aromatic carbocycles. The molecule has 2 N–H and O–H groups in total. The molecule has 1 aliphatic heterocycles. The van der Waals surface area contributed by atoms with Crippen LogP contribution in [0.4, 0.5) is 11.6 Å². The first kappa shape index (κ1) is 15.0. The Labute approximate surface area is 121 Å². The number of β-amino-alcohol motifs (C(OH)–C–C–N with tert-alkyl or cyclic N) is 1. The van der Waals surface area contributed by atoms with Crippen LogP contribution in [-0.2, 0) is 0 Å². The highest BCUT2D eigenvalue weighted by Crippen LogP contribution is 2.23. The van der Waals surface area contributed by atoms with Crippen LogP contribution >= 0.6 is 0 Å². The van der Waals surface area contributed by atoms with E-state index in [9.17, 15) is 5.11 Å². The predicted molar refractivity (Wildman–Crippen MR) is 82.4 cm³/mol. The van der Waals surface area contributed by atoms with Gasteiger partial charge in [0.2, 0.25) is 0 Å². The molecular formula is C15H26N4O. The maximum Gasteiger partial charge on any atom is 0.135 e. The first-order chi connectivity index (χ1) is 9.60. The Bertz CT molecular complexity index is 436. The largest absolute Gasteiger partial charge is 0.391 e. The molecule has 1 aromatic heterocycles. The van der Waals surface area contributed by atoms with Crippen LogP contribution in [0, 0.1) is 0 Å². The van der Waals surface area contributed by atoms with Gasteiger partial charge in [-0.15, -0.1) is 0 Å². The fraction of sp³-hybridized carbons (Fsp3) is 0.733. The highest BCUT2D eigenvalue weighted by Gasteiger charge is 2.20. The fourth-order valence-electron chi connectivity index (χ4n) is 2.38. The van der Waals surface area contributed by atoms with Crippen molar-refractivity contribution in [3.05, 3.63) is 11.9 Å². The van der Waals surface area contributed by atoms with Crippen molar-refractivity contribution in [3.63, 3.8) is 0 Å². The van der Waals surface area contributed by atoms with Gasteiger partial charge in [0.25, 0.3) is 0 Å². The molecule has 1 aliphatic rings. The minimum absolute atomic E-state index is 0.242. The van der Waals surface area contributed by atoms with Crippen LogP contribution in [0.1, 0.15) is 51.8 Å². The van der Waals surface area contributed by atoms with Crippen LogP contribution in [0.5, 0.6) is 0 Å². The van der Waals surface area contributed by atoms with Gasteiger partial charge in [0.15, 0.2) is 0 Å². The number of anilines is 2. The summed E-state index contributed by atoms with van der Waals surface area (Å²) in [4.78, 5) is 11.4. The summed E-state index contributed by atoms with van der Waals surface area (Å²) in [5.74, 6) is 2.98. The second-order valence-electron chi connectivity index (χ2n) is 5.79. The number of nitrogens with one attached hydrogen (secondary N) is 1. The van der Waals surface area contributed by atoms with Gasteiger partial charge in [-0.05, 0) is 19.3 Å². The summed E-state index contributed by atoms with van der Waals surface area (Å²) in [5, 5.41) is 13.2. The van der Waals surface area contributed by atoms with Crippen LogP contribution in [-0.4, -0.2) is 40.8 Å². The van der Waals surface area contributed by atoms with E-state index in [1.54, 1.807) is 0 Å². The van der Waals surface area contributed by atoms with Crippen LogP contribution in [0.2, 0.25) is 0 Å². The van der Waals surface area contributed by atoms with E-state index in [0.29, 0.717) is 12.5 Å². The van der Waals surface area contributed by atoms with Gasteiger partial charge in [0.1, 0.15) is 17.5 Å². The van der Waals surface area contributed by atoms with Gasteiger partial charge < -0.3 is 15.3 Å². The van der Waals surface area contributed by atoms with Crippen LogP contribution in [0.3, 0.4) is 0 Å². The second kappa shape index (κ2) is 6.88. The van der Waals surface area contributed by atoms with E-state index in [2.05, 4.69) is 41.0 Å². The van der Waals surface area contributed by atoms with Crippen LogP contribution < -0.4 is 10.2 Å². The topological polar surface area (TPSA) is 61.3 Å². The number of hydrogen-bond acceptors (Lipinski definition) is 5. The first-order valence-electron chi connectivity index (χ1n) is 7.66. The van der Waals surface area contributed by atoms with E-state index >= 15 is 0 Å². The molecule has 0 spiro atoms. The van der Waals surface area contributed by atoms with Crippen molar-refractivity contribution < 1.29 is 5.11 Å². The minimum Gasteiger partial charge on any atom is -0.391 e. The lowest BCUT2D eigenvalue weighted by molar-refractivity contribution is 0.154. The maximum absolute atomic E-state index is 9.83. The van der Waals surface area contributed by atoms with Crippen molar-refractivity contribution >= 4 is 11.6 Å². The molecule has 2 rings (SSSR count). The number of hydrogen-bond donors (Lipinski definition) is 2. The molecule has 1 atom stereocenters. The molecule has 5 heteroatoms. The third-order valence-electron chi connectivity index (χ3n) is 3.52. The molecule has 1 fully saturated rings. The van der Waals surface area contributed by atoms with E-state index in [0.717, 1.165) is 49.8 Å². The minimum atomic E-state index is -0.242. The van der Waals surface area contributed by atoms with Crippen molar-refractivity contribution in [1.29, 1.82) is 0 Å². The summed E-state index contributed by atoms with van der Waals surface area (Å²) in [6, 6.07) is 2.00. The van der Waals surface area contributed by atoms with Gasteiger partial charge in [0, 0.05) is 31.6 Å². The Balaban J connectivity index is 2.23. The molecule has 2 heterocycles. The van der Waals surface area contributed by atoms with E-state index in [1.165, 1.54) is 0 Å². The lowest BCUT2D eigenvalue weighted by atomic mass is 10.1. The highest BCUT2D eigenvalue weighted by atomic mass is 16.3. The van der Waals surface area contributed by atoms with Gasteiger partial charge >= 0.3 is 0 Å². The molecule has 0 radical (unpaired) electrons. The van der Waals surface area contributed by atoms with E-state index in [4.69, 9.17) is 0 Å². The first-order valence-corrected chi connectivity index (χ1v) is 7.66. The van der Waals surface area contributed by atoms with Gasteiger partial charge in [-0.25, -0.2) is 9.97 Å². The molecule has 0 saturated carbocycles. The van der Waals surface area contributed by atoms with Crippen molar-refractivity contribution in [2.24, 2.45) is 0 Å². The lowest BCUT2D eigenvalue weighted by Gasteiger charge is -2.31. The van der Waals surface area contributed by atoms with Crippen molar-refractivity contribution in [1.82, 2.24) is 9.97 Å². The number of rotatable bonds is 5. The molecule has 5 nitrogen and oxygen atoms in total. The second-order valence-corrected chi connectivity index (χ2v) is 5.79. The molecule has 20 heavy (non-hydrogen) atoms. The number of aromatic nitrogens is 2. The monoisotopic (exact) mass is 278 g/mol. The third-order valence-corrected chi connectivity index (χ3v) is 3.52. The summed E-state index contributed by atoms with van der Waals surface area (Å²) in [5.41, 5.74) is 0. The Morgan fingerprint density at radius 3 is 2.90 bits per heavy atom. The molecule has 1 saturated heterocycles. The summed E-state index contributed by atoms with van der Waals surface area (Å²) in [7, 11) is 0. The standard InChI is InChI=1S/C15H26N4O/c1-4-7-16-13-9-14(18-15(17-13)11(2)3)19-8-5-6-12(20)10-19/h9,11-12,20H,4-8,10H2,1-3H3,(H,16,17,18). The molecule has 0 bridgehead atoms. The fourth-order valence-corrected chi connectivity index (χ4v) is 2.38. The van der Waals surface area contributed by atoms with Gasteiger partial charge in [-0.1, -0.05) is 20.8 Å². The Morgan fingerprint density at radius 2 is 2.25 bits per heavy atom. The zero-order valence-electron chi connectivity index (χ0n) is 12.8. The van der Waals surface area contributed by atoms with Crippen molar-refractivity contribution in [2.75, 3.05) is 29.9 Å². The smallest absolute Gasteiger partial charge is 0.135 e. The zero-order chi connectivity index (χ0) is 14.5. The molecule has 0 aliphatic carbocycles. The zero-order valence-corrected chi connectivity index (χ0v) is 12.8. The summed E-state index contributed by atoms with van der Waals surface area (Å²) >= 11 is 0. The van der Waals surface area contributed by atoms with Crippen molar-refractivity contribution in [2.45, 2.75) is 52.1 Å². The molecule has 0 amide bonds. The Kier molecular flexibility index (Phi) is 5.17. The average Bonchev–Trinajstić information content (AvgIpc) is 2.44. The van der Waals surface area contributed by atoms with Crippen molar-refractivity contribution in [3.8, 4) is 0 Å². The van der Waals surface area contributed by atoms with E-state index in [1.807, 2.05) is 6.07 Å². The number of nitrogens with zero attached hydrogens (tertiary/aromatic N) is 3. The third kappa shape index (κ3) is 3.82. The highest BCUT2D eigenvalue weighted by molar-refractivity contribution is 5.50. The predicted octanol–water partition coefficient (Wildman–Crippen LogP) is 2.38. The average molecular weight is 278 g/mol. The van der Waals surface area contributed by atoms with Gasteiger partial charge in [-0.3, -0.25) is 0 Å². The number of aliphatic hydroxyl groups is 1. The summed E-state index contributed by atoms with van der Waals surface area (Å²) in [6.07, 6.45) is 2.73. The Morgan fingerprint density at radius 1 is 1.45 bits per heavy atom. The molecular weight excluding hydrogens is 252 g/mol.